The van der Waals surface area contributed by atoms with Crippen molar-refractivity contribution < 1.29 is 9.18 Å². The van der Waals surface area contributed by atoms with Crippen LogP contribution in [0.15, 0.2) is 60.8 Å². The second-order valence-corrected chi connectivity index (χ2v) is 4.91. The van der Waals surface area contributed by atoms with Gasteiger partial charge in [-0.25, -0.2) is 4.98 Å². The number of anilines is 1. The lowest BCUT2D eigenvalue weighted by Gasteiger charge is -2.23. The Kier molecular flexibility index (Phi) is 3.83. The first-order valence-electron chi connectivity index (χ1n) is 7.12. The van der Waals surface area contributed by atoms with E-state index in [1.807, 2.05) is 49.4 Å². The van der Waals surface area contributed by atoms with Crippen LogP contribution in [0.2, 0.25) is 0 Å². The summed E-state index contributed by atoms with van der Waals surface area (Å²) in [5.41, 5.74) is 1.12. The first-order chi connectivity index (χ1) is 10.7. The molecule has 22 heavy (non-hydrogen) atoms. The van der Waals surface area contributed by atoms with E-state index in [0.717, 1.165) is 22.5 Å². The fourth-order valence-corrected chi connectivity index (χ4v) is 2.56. The quantitative estimate of drug-likeness (QED) is 0.683. The summed E-state index contributed by atoms with van der Waals surface area (Å²) >= 11 is 0. The number of rotatable bonds is 3. The highest BCUT2D eigenvalue weighted by molar-refractivity contribution is 6.10. The van der Waals surface area contributed by atoms with Crippen LogP contribution >= 0.6 is 0 Å². The minimum Gasteiger partial charge on any atom is -0.308 e. The van der Waals surface area contributed by atoms with Crippen molar-refractivity contribution in [3.63, 3.8) is 0 Å². The molecule has 0 aliphatic carbocycles. The zero-order valence-corrected chi connectivity index (χ0v) is 12.2. The summed E-state index contributed by atoms with van der Waals surface area (Å²) in [5, 5.41) is 2.06. The van der Waals surface area contributed by atoms with Gasteiger partial charge in [0, 0.05) is 29.8 Å². The first-order valence-corrected chi connectivity index (χ1v) is 7.12. The van der Waals surface area contributed by atoms with Crippen molar-refractivity contribution >= 4 is 22.4 Å². The molecule has 3 rings (SSSR count). The lowest BCUT2D eigenvalue weighted by molar-refractivity contribution is 0.0988. The number of aromatic nitrogens is 1. The van der Waals surface area contributed by atoms with E-state index in [-0.39, 0.29) is 5.91 Å². The van der Waals surface area contributed by atoms with Crippen molar-refractivity contribution in [2.45, 2.75) is 6.92 Å². The van der Waals surface area contributed by atoms with E-state index < -0.39 is 5.95 Å². The van der Waals surface area contributed by atoms with E-state index in [0.29, 0.717) is 12.1 Å². The third-order valence-electron chi connectivity index (χ3n) is 3.59. The minimum absolute atomic E-state index is 0.236. The molecule has 1 aromatic heterocycles. The van der Waals surface area contributed by atoms with Crippen LogP contribution in [0.1, 0.15) is 17.3 Å². The first kappa shape index (κ1) is 14.2. The maximum Gasteiger partial charge on any atom is 0.258 e. The average Bonchev–Trinajstić information content (AvgIpc) is 2.55. The molecule has 3 nitrogen and oxygen atoms in total. The van der Waals surface area contributed by atoms with Crippen molar-refractivity contribution in [3.8, 4) is 0 Å². The summed E-state index contributed by atoms with van der Waals surface area (Å²) in [6.45, 7) is 2.40. The molecule has 0 N–H and O–H groups in total. The maximum absolute atomic E-state index is 13.3. The molecule has 0 aliphatic heterocycles. The van der Waals surface area contributed by atoms with Gasteiger partial charge in [0.2, 0.25) is 5.95 Å². The normalized spacial score (nSPS) is 10.6. The van der Waals surface area contributed by atoms with Crippen LogP contribution in [0.3, 0.4) is 0 Å². The summed E-state index contributed by atoms with van der Waals surface area (Å²) in [5.74, 6) is -0.889. The van der Waals surface area contributed by atoms with Crippen LogP contribution < -0.4 is 4.90 Å². The minimum atomic E-state index is -0.653. The zero-order chi connectivity index (χ0) is 15.5. The third-order valence-corrected chi connectivity index (χ3v) is 3.59. The Bertz CT molecular complexity index is 827. The van der Waals surface area contributed by atoms with Gasteiger partial charge in [-0.05, 0) is 24.4 Å². The van der Waals surface area contributed by atoms with Crippen LogP contribution in [0.4, 0.5) is 10.1 Å². The van der Waals surface area contributed by atoms with Crippen LogP contribution in [-0.4, -0.2) is 17.4 Å². The van der Waals surface area contributed by atoms with Crippen molar-refractivity contribution in [1.82, 2.24) is 4.98 Å². The van der Waals surface area contributed by atoms with Crippen LogP contribution in [-0.2, 0) is 0 Å². The molecule has 0 bridgehead atoms. The van der Waals surface area contributed by atoms with Crippen molar-refractivity contribution in [2.24, 2.45) is 0 Å². The molecule has 0 fully saturated rings. The molecule has 1 heterocycles. The van der Waals surface area contributed by atoms with E-state index in [4.69, 9.17) is 0 Å². The zero-order valence-electron chi connectivity index (χ0n) is 12.2. The summed E-state index contributed by atoms with van der Waals surface area (Å²) in [4.78, 5) is 17.8. The fraction of sp³-hybridized carbons (Fsp3) is 0.111. The van der Waals surface area contributed by atoms with Gasteiger partial charge in [-0.3, -0.25) is 4.79 Å². The maximum atomic E-state index is 13.3. The number of carbonyl (C=O) groups is 1. The van der Waals surface area contributed by atoms with Gasteiger partial charge >= 0.3 is 0 Å². The summed E-state index contributed by atoms with van der Waals surface area (Å²) in [6.07, 6.45) is 1.31. The molecule has 0 saturated heterocycles. The van der Waals surface area contributed by atoms with Crippen molar-refractivity contribution in [3.05, 3.63) is 72.3 Å². The van der Waals surface area contributed by atoms with Crippen molar-refractivity contribution in [2.75, 3.05) is 11.4 Å². The summed E-state index contributed by atoms with van der Waals surface area (Å²) in [7, 11) is 0. The summed E-state index contributed by atoms with van der Waals surface area (Å²) < 4.78 is 13.3. The molecular formula is C18H15FN2O. The Hall–Kier alpha value is -2.75. The lowest BCUT2D eigenvalue weighted by Crippen LogP contribution is -2.30. The Morgan fingerprint density at radius 3 is 2.68 bits per heavy atom. The molecule has 1 amide bonds. The highest BCUT2D eigenvalue weighted by Crippen LogP contribution is 2.27. The standard InChI is InChI=1S/C18H15FN2O/c1-2-21(18(22)14-10-11-20-17(19)12-14)16-9-5-7-13-6-3-4-8-15(13)16/h3-12H,2H2,1H3. The van der Waals surface area contributed by atoms with E-state index >= 15 is 0 Å². The molecule has 2 aromatic carbocycles. The molecule has 110 valence electrons. The number of halogens is 1. The number of pyridine rings is 1. The Labute approximate surface area is 128 Å². The van der Waals surface area contributed by atoms with Gasteiger partial charge in [-0.15, -0.1) is 0 Å². The molecule has 0 radical (unpaired) electrons. The second-order valence-electron chi connectivity index (χ2n) is 4.91. The molecule has 0 spiro atoms. The van der Waals surface area contributed by atoms with Gasteiger partial charge < -0.3 is 4.90 Å². The van der Waals surface area contributed by atoms with Crippen LogP contribution in [0.25, 0.3) is 10.8 Å². The molecule has 0 unspecified atom stereocenters. The molecular weight excluding hydrogens is 279 g/mol. The van der Waals surface area contributed by atoms with E-state index in [9.17, 15) is 9.18 Å². The van der Waals surface area contributed by atoms with Gasteiger partial charge in [0.15, 0.2) is 0 Å². The third kappa shape index (κ3) is 2.55. The van der Waals surface area contributed by atoms with Gasteiger partial charge in [0.1, 0.15) is 0 Å². The number of nitrogens with zero attached hydrogens (tertiary/aromatic N) is 2. The highest BCUT2D eigenvalue weighted by atomic mass is 19.1. The average molecular weight is 294 g/mol. The largest absolute Gasteiger partial charge is 0.308 e. The van der Waals surface area contributed by atoms with E-state index in [1.165, 1.54) is 12.3 Å². The van der Waals surface area contributed by atoms with Gasteiger partial charge in [-0.2, -0.15) is 4.39 Å². The molecule has 0 saturated carbocycles. The van der Waals surface area contributed by atoms with Gasteiger partial charge in [0.05, 0.1) is 5.69 Å². The van der Waals surface area contributed by atoms with E-state index in [2.05, 4.69) is 4.98 Å². The Morgan fingerprint density at radius 2 is 1.91 bits per heavy atom. The second kappa shape index (κ2) is 5.93. The highest BCUT2D eigenvalue weighted by Gasteiger charge is 2.18. The number of hydrogen-bond acceptors (Lipinski definition) is 2. The predicted molar refractivity (Wildman–Crippen MR) is 85.5 cm³/mol. The van der Waals surface area contributed by atoms with Crippen LogP contribution in [0, 0.1) is 5.95 Å². The number of amides is 1. The van der Waals surface area contributed by atoms with Crippen LogP contribution in [0.5, 0.6) is 0 Å². The molecule has 0 aliphatic rings. The summed E-state index contributed by atoms with van der Waals surface area (Å²) in [6, 6.07) is 16.4. The molecule has 4 heteroatoms. The monoisotopic (exact) mass is 294 g/mol. The smallest absolute Gasteiger partial charge is 0.258 e. The Morgan fingerprint density at radius 1 is 1.14 bits per heavy atom. The Balaban J connectivity index is 2.08. The number of benzene rings is 2. The van der Waals surface area contributed by atoms with Gasteiger partial charge in [0.25, 0.3) is 5.91 Å². The topological polar surface area (TPSA) is 33.2 Å². The molecule has 0 atom stereocenters. The van der Waals surface area contributed by atoms with Crippen molar-refractivity contribution in [1.29, 1.82) is 0 Å². The lowest BCUT2D eigenvalue weighted by atomic mass is 10.1. The molecule has 3 aromatic rings. The number of hydrogen-bond donors (Lipinski definition) is 0. The fourth-order valence-electron chi connectivity index (χ4n) is 2.56. The number of fused-ring (bicyclic) bond motifs is 1. The van der Waals surface area contributed by atoms with Gasteiger partial charge in [-0.1, -0.05) is 36.4 Å². The SMILES string of the molecule is CCN(C(=O)c1ccnc(F)c1)c1cccc2ccccc12. The van der Waals surface area contributed by atoms with E-state index in [1.54, 1.807) is 4.90 Å². The predicted octanol–water partition coefficient (Wildman–Crippen LogP) is 4.04. The number of carbonyl (C=O) groups excluding carboxylic acids is 1.